The molecule has 7 nitrogen and oxygen atoms in total. The zero-order chi connectivity index (χ0) is 19.2. The van der Waals surface area contributed by atoms with E-state index in [2.05, 4.69) is 36.1 Å². The number of amides is 1. The third-order valence-electron chi connectivity index (χ3n) is 6.68. The average Bonchev–Trinajstić information content (AvgIpc) is 2.93. The number of hydrogen-bond acceptors (Lipinski definition) is 6. The van der Waals surface area contributed by atoms with Gasteiger partial charge in [-0.05, 0) is 24.7 Å². The van der Waals surface area contributed by atoms with Gasteiger partial charge in [0.15, 0.2) is 11.4 Å². The summed E-state index contributed by atoms with van der Waals surface area (Å²) >= 11 is 0. The summed E-state index contributed by atoms with van der Waals surface area (Å²) in [4.78, 5) is 22.3. The largest absolute Gasteiger partial charge is 0.385 e. The van der Waals surface area contributed by atoms with Crippen molar-refractivity contribution >= 4 is 5.91 Å². The molecule has 1 amide bonds. The molecule has 1 fully saturated rings. The summed E-state index contributed by atoms with van der Waals surface area (Å²) in [6, 6.07) is 3.91. The number of hydrogen-bond donors (Lipinski definition) is 1. The summed E-state index contributed by atoms with van der Waals surface area (Å²) in [7, 11) is 1.63. The highest BCUT2D eigenvalue weighted by Gasteiger charge is 2.73. The standard InChI is InChI=1S/C19H23N5O2/c1-17(2)18(3)6-7-19(17,16(25)22-8-5-9-26-4)15-14(18)23-12(10-20)13(11-21)24-15/h5-9H2,1-4H3,(H,22,25). The minimum atomic E-state index is -0.837. The number of rotatable bonds is 5. The zero-order valence-corrected chi connectivity index (χ0v) is 15.6. The van der Waals surface area contributed by atoms with Gasteiger partial charge in [-0.1, -0.05) is 20.8 Å². The first-order chi connectivity index (χ1) is 12.3. The predicted molar refractivity (Wildman–Crippen MR) is 93.0 cm³/mol. The minimum Gasteiger partial charge on any atom is -0.385 e. The monoisotopic (exact) mass is 353 g/mol. The van der Waals surface area contributed by atoms with Gasteiger partial charge in [0.05, 0.1) is 16.8 Å². The number of nitrogens with zero attached hydrogens (tertiary/aromatic N) is 4. The van der Waals surface area contributed by atoms with Gasteiger partial charge in [0.2, 0.25) is 5.91 Å². The number of ether oxygens (including phenoxy) is 1. The fraction of sp³-hybridized carbons (Fsp3) is 0.632. The highest BCUT2D eigenvalue weighted by Crippen LogP contribution is 2.70. The van der Waals surface area contributed by atoms with Crippen LogP contribution in [0.25, 0.3) is 0 Å². The molecule has 1 N–H and O–H groups in total. The molecule has 2 unspecified atom stereocenters. The quantitative estimate of drug-likeness (QED) is 0.806. The van der Waals surface area contributed by atoms with E-state index in [1.165, 1.54) is 0 Å². The topological polar surface area (TPSA) is 112 Å². The third kappa shape index (κ3) is 2.04. The Balaban J connectivity index is 2.11. The van der Waals surface area contributed by atoms with Crippen LogP contribution in [0.5, 0.6) is 0 Å². The van der Waals surface area contributed by atoms with E-state index in [9.17, 15) is 15.3 Å². The van der Waals surface area contributed by atoms with Crippen molar-refractivity contribution < 1.29 is 9.53 Å². The Hall–Kier alpha value is -2.51. The number of carbonyl (C=O) groups is 1. The molecule has 1 saturated carbocycles. The molecule has 2 bridgehead atoms. The number of carbonyl (C=O) groups excluding carboxylic acids is 1. The molecule has 2 aliphatic carbocycles. The van der Waals surface area contributed by atoms with Gasteiger partial charge in [-0.2, -0.15) is 10.5 Å². The number of nitriles is 2. The lowest BCUT2D eigenvalue weighted by molar-refractivity contribution is -0.130. The van der Waals surface area contributed by atoms with Crippen LogP contribution in [0.15, 0.2) is 0 Å². The van der Waals surface area contributed by atoms with Gasteiger partial charge in [-0.3, -0.25) is 4.79 Å². The van der Waals surface area contributed by atoms with Crippen molar-refractivity contribution in [2.45, 2.75) is 50.9 Å². The van der Waals surface area contributed by atoms with E-state index in [-0.39, 0.29) is 22.7 Å². The van der Waals surface area contributed by atoms with Gasteiger partial charge in [-0.25, -0.2) is 9.97 Å². The van der Waals surface area contributed by atoms with Crippen molar-refractivity contribution in [3.05, 3.63) is 22.8 Å². The second kappa shape index (κ2) is 6.03. The van der Waals surface area contributed by atoms with Crippen LogP contribution in [-0.2, 0) is 20.4 Å². The lowest BCUT2D eigenvalue weighted by atomic mass is 9.63. The maximum Gasteiger partial charge on any atom is 0.232 e. The Labute approximate surface area is 153 Å². The molecule has 1 heterocycles. The Kier molecular flexibility index (Phi) is 4.24. The Bertz CT molecular complexity index is 851. The smallest absolute Gasteiger partial charge is 0.232 e. The Morgan fingerprint density at radius 2 is 1.77 bits per heavy atom. The summed E-state index contributed by atoms with van der Waals surface area (Å²) in [5.74, 6) is -0.0797. The summed E-state index contributed by atoms with van der Waals surface area (Å²) in [6.45, 7) is 7.31. The van der Waals surface area contributed by atoms with Crippen LogP contribution in [0.1, 0.15) is 62.8 Å². The normalized spacial score (nSPS) is 27.5. The van der Waals surface area contributed by atoms with E-state index >= 15 is 0 Å². The van der Waals surface area contributed by atoms with E-state index < -0.39 is 10.8 Å². The van der Waals surface area contributed by atoms with Gasteiger partial charge < -0.3 is 10.1 Å². The second-order valence-electron chi connectivity index (χ2n) is 7.81. The molecule has 136 valence electrons. The molecule has 1 aromatic heterocycles. The summed E-state index contributed by atoms with van der Waals surface area (Å²) in [5, 5.41) is 21.7. The fourth-order valence-electron chi connectivity index (χ4n) is 4.71. The first-order valence-electron chi connectivity index (χ1n) is 8.80. The van der Waals surface area contributed by atoms with Crippen LogP contribution in [-0.4, -0.2) is 36.1 Å². The van der Waals surface area contributed by atoms with Gasteiger partial charge in [0.25, 0.3) is 0 Å². The lowest BCUT2D eigenvalue weighted by Crippen LogP contribution is -2.51. The molecule has 2 aliphatic rings. The highest BCUT2D eigenvalue weighted by molar-refractivity contribution is 5.92. The molecule has 0 saturated heterocycles. The zero-order valence-electron chi connectivity index (χ0n) is 15.6. The number of nitrogens with one attached hydrogen (secondary N) is 1. The summed E-state index contributed by atoms with van der Waals surface area (Å²) < 4.78 is 5.04. The van der Waals surface area contributed by atoms with Crippen molar-refractivity contribution in [1.29, 1.82) is 10.5 Å². The Morgan fingerprint density at radius 3 is 2.35 bits per heavy atom. The maximum atomic E-state index is 13.3. The molecule has 2 atom stereocenters. The first-order valence-corrected chi connectivity index (χ1v) is 8.80. The van der Waals surface area contributed by atoms with Crippen LogP contribution < -0.4 is 5.32 Å². The number of methoxy groups -OCH3 is 1. The molecule has 0 aromatic carbocycles. The molecular weight excluding hydrogens is 330 g/mol. The van der Waals surface area contributed by atoms with E-state index in [0.717, 1.165) is 12.8 Å². The van der Waals surface area contributed by atoms with Gasteiger partial charge in [0.1, 0.15) is 12.1 Å². The summed E-state index contributed by atoms with van der Waals surface area (Å²) in [6.07, 6.45) is 2.18. The highest BCUT2D eigenvalue weighted by atomic mass is 16.5. The molecule has 7 heteroatoms. The molecule has 3 rings (SSSR count). The van der Waals surface area contributed by atoms with E-state index in [1.807, 2.05) is 12.1 Å². The third-order valence-corrected chi connectivity index (χ3v) is 6.68. The second-order valence-corrected chi connectivity index (χ2v) is 7.81. The van der Waals surface area contributed by atoms with Crippen molar-refractivity contribution in [2.75, 3.05) is 20.3 Å². The van der Waals surface area contributed by atoms with E-state index in [0.29, 0.717) is 31.0 Å². The predicted octanol–water partition coefficient (Wildman–Crippen LogP) is 1.70. The lowest BCUT2D eigenvalue weighted by Gasteiger charge is -2.39. The molecule has 0 aliphatic heterocycles. The average molecular weight is 353 g/mol. The number of fused-ring (bicyclic) bond motifs is 5. The van der Waals surface area contributed by atoms with Crippen molar-refractivity contribution in [3.63, 3.8) is 0 Å². The van der Waals surface area contributed by atoms with Gasteiger partial charge in [0, 0.05) is 25.7 Å². The number of aromatic nitrogens is 2. The molecule has 26 heavy (non-hydrogen) atoms. The van der Waals surface area contributed by atoms with Crippen LogP contribution >= 0.6 is 0 Å². The fourth-order valence-corrected chi connectivity index (χ4v) is 4.71. The van der Waals surface area contributed by atoms with Gasteiger partial charge in [-0.15, -0.1) is 0 Å². The van der Waals surface area contributed by atoms with Gasteiger partial charge >= 0.3 is 0 Å². The SMILES string of the molecule is COCCCNC(=O)C12CCC(C)(c3nc(C#N)c(C#N)nc31)C2(C)C. The van der Waals surface area contributed by atoms with E-state index in [4.69, 9.17) is 4.74 Å². The molecule has 1 aromatic rings. The Morgan fingerprint density at radius 1 is 1.15 bits per heavy atom. The van der Waals surface area contributed by atoms with Crippen molar-refractivity contribution in [2.24, 2.45) is 5.41 Å². The molecular formula is C19H23N5O2. The molecule has 0 spiro atoms. The van der Waals surface area contributed by atoms with Crippen molar-refractivity contribution in [3.8, 4) is 12.1 Å². The van der Waals surface area contributed by atoms with Crippen LogP contribution in [0.2, 0.25) is 0 Å². The van der Waals surface area contributed by atoms with Crippen LogP contribution in [0.3, 0.4) is 0 Å². The maximum absolute atomic E-state index is 13.3. The first kappa shape index (κ1) is 18.3. The van der Waals surface area contributed by atoms with Crippen molar-refractivity contribution in [1.82, 2.24) is 15.3 Å². The molecule has 0 radical (unpaired) electrons. The van der Waals surface area contributed by atoms with E-state index in [1.54, 1.807) is 7.11 Å². The minimum absolute atomic E-state index is 0.00948. The summed E-state index contributed by atoms with van der Waals surface area (Å²) in [5.41, 5.74) is -0.340. The van der Waals surface area contributed by atoms with Crippen LogP contribution in [0.4, 0.5) is 0 Å². The van der Waals surface area contributed by atoms with Crippen LogP contribution in [0, 0.1) is 28.1 Å².